The topological polar surface area (TPSA) is 73.6 Å². The average Bonchev–Trinajstić information content (AvgIpc) is 3.01. The first-order valence-electron chi connectivity index (χ1n) is 9.71. The van der Waals surface area contributed by atoms with Crippen molar-refractivity contribution in [1.82, 2.24) is 9.55 Å². The highest BCUT2D eigenvalue weighted by Gasteiger charge is 2.15. The largest absolute Gasteiger partial charge is 0.494 e. The van der Waals surface area contributed by atoms with Crippen molar-refractivity contribution in [2.24, 2.45) is 0 Å². The lowest BCUT2D eigenvalue weighted by Crippen LogP contribution is -2.11. The van der Waals surface area contributed by atoms with Gasteiger partial charge in [-0.05, 0) is 43.2 Å². The van der Waals surface area contributed by atoms with E-state index in [1.54, 1.807) is 12.1 Å². The Hall–Kier alpha value is -2.73. The normalized spacial score (nSPS) is 11.0. The molecule has 0 unspecified atom stereocenters. The molecule has 1 aromatic heterocycles. The molecular formula is C22H25ClN2O4. The van der Waals surface area contributed by atoms with E-state index in [1.807, 2.05) is 35.8 Å². The molecule has 0 saturated heterocycles. The number of carbonyl (C=O) groups is 1. The van der Waals surface area contributed by atoms with E-state index in [4.69, 9.17) is 26.2 Å². The van der Waals surface area contributed by atoms with Crippen LogP contribution < -0.4 is 9.47 Å². The van der Waals surface area contributed by atoms with Crippen LogP contribution >= 0.6 is 11.6 Å². The summed E-state index contributed by atoms with van der Waals surface area (Å²) >= 11 is 6.51. The third-order valence-electron chi connectivity index (χ3n) is 4.64. The maximum atomic E-state index is 10.9. The number of rotatable bonds is 10. The smallest absolute Gasteiger partial charge is 0.341 e. The SMILES string of the molecule is CCCCCOc1ccc(Cn2c(C)nc3cccc(OCC(=O)O)c32)c(Cl)c1. The predicted molar refractivity (Wildman–Crippen MR) is 113 cm³/mol. The molecule has 0 bridgehead atoms. The molecule has 3 rings (SSSR count). The number of hydrogen-bond acceptors (Lipinski definition) is 4. The lowest BCUT2D eigenvalue weighted by Gasteiger charge is -2.13. The zero-order valence-corrected chi connectivity index (χ0v) is 17.4. The number of benzene rings is 2. The van der Waals surface area contributed by atoms with Crippen LogP contribution in [0.5, 0.6) is 11.5 Å². The molecule has 7 heteroatoms. The number of para-hydroxylation sites is 1. The van der Waals surface area contributed by atoms with Crippen LogP contribution in [0.3, 0.4) is 0 Å². The molecule has 0 aliphatic heterocycles. The van der Waals surface area contributed by atoms with E-state index >= 15 is 0 Å². The molecule has 0 fully saturated rings. The van der Waals surface area contributed by atoms with Crippen LogP contribution in [0.15, 0.2) is 36.4 Å². The van der Waals surface area contributed by atoms with Crippen LogP contribution in [0.2, 0.25) is 5.02 Å². The highest BCUT2D eigenvalue weighted by Crippen LogP contribution is 2.30. The van der Waals surface area contributed by atoms with Crippen molar-refractivity contribution in [2.45, 2.75) is 39.7 Å². The minimum atomic E-state index is -1.03. The molecule has 0 amide bonds. The highest BCUT2D eigenvalue weighted by molar-refractivity contribution is 6.31. The number of ether oxygens (including phenoxy) is 2. The van der Waals surface area contributed by atoms with E-state index in [0.29, 0.717) is 23.9 Å². The molecule has 0 aliphatic carbocycles. The van der Waals surface area contributed by atoms with Gasteiger partial charge in [0, 0.05) is 5.02 Å². The van der Waals surface area contributed by atoms with Crippen molar-refractivity contribution in [2.75, 3.05) is 13.2 Å². The fraction of sp³-hybridized carbons (Fsp3) is 0.364. The van der Waals surface area contributed by atoms with Gasteiger partial charge in [0.2, 0.25) is 0 Å². The predicted octanol–water partition coefficient (Wildman–Crippen LogP) is 5.08. The van der Waals surface area contributed by atoms with E-state index in [1.165, 1.54) is 0 Å². The summed E-state index contributed by atoms with van der Waals surface area (Å²) in [4.78, 5) is 15.5. The molecule has 2 aromatic carbocycles. The number of aromatic nitrogens is 2. The van der Waals surface area contributed by atoms with Crippen molar-refractivity contribution >= 4 is 28.6 Å². The van der Waals surface area contributed by atoms with Gasteiger partial charge in [-0.15, -0.1) is 0 Å². The van der Waals surface area contributed by atoms with Gasteiger partial charge >= 0.3 is 5.97 Å². The molecule has 29 heavy (non-hydrogen) atoms. The van der Waals surface area contributed by atoms with E-state index in [9.17, 15) is 4.79 Å². The first kappa shape index (κ1) is 21.0. The van der Waals surface area contributed by atoms with E-state index in [-0.39, 0.29) is 0 Å². The van der Waals surface area contributed by atoms with Crippen LogP contribution in [-0.4, -0.2) is 33.8 Å². The quantitative estimate of drug-likeness (QED) is 0.466. The summed E-state index contributed by atoms with van der Waals surface area (Å²) in [6.07, 6.45) is 3.32. The van der Waals surface area contributed by atoms with Crippen molar-refractivity contribution in [3.05, 3.63) is 52.8 Å². The summed E-state index contributed by atoms with van der Waals surface area (Å²) in [6.45, 7) is 4.82. The molecule has 154 valence electrons. The molecule has 6 nitrogen and oxygen atoms in total. The standard InChI is InChI=1S/C22H25ClN2O4/c1-3-4-5-11-28-17-10-9-16(18(23)12-17)13-25-15(2)24-19-7-6-8-20(22(19)25)29-14-21(26)27/h6-10,12H,3-5,11,13-14H2,1-2H3,(H,26,27). The van der Waals surface area contributed by atoms with Crippen LogP contribution in [-0.2, 0) is 11.3 Å². The van der Waals surface area contributed by atoms with Crippen molar-refractivity contribution in [3.63, 3.8) is 0 Å². The number of aliphatic carboxylic acids is 1. The molecule has 0 saturated carbocycles. The summed E-state index contributed by atoms with van der Waals surface area (Å²) in [5, 5.41) is 9.55. The number of fused-ring (bicyclic) bond motifs is 1. The summed E-state index contributed by atoms with van der Waals surface area (Å²) in [5.74, 6) is 1.01. The Labute approximate surface area is 175 Å². The van der Waals surface area contributed by atoms with E-state index in [2.05, 4.69) is 11.9 Å². The maximum Gasteiger partial charge on any atom is 0.341 e. The molecule has 1 N–H and O–H groups in total. The third kappa shape index (κ3) is 5.21. The Kier molecular flexibility index (Phi) is 6.99. The third-order valence-corrected chi connectivity index (χ3v) is 4.99. The zero-order valence-electron chi connectivity index (χ0n) is 16.7. The maximum absolute atomic E-state index is 10.9. The Balaban J connectivity index is 1.84. The monoisotopic (exact) mass is 416 g/mol. The number of hydrogen-bond donors (Lipinski definition) is 1. The van der Waals surface area contributed by atoms with Gasteiger partial charge in [0.05, 0.1) is 18.7 Å². The first-order valence-corrected chi connectivity index (χ1v) is 10.1. The van der Waals surface area contributed by atoms with E-state index in [0.717, 1.165) is 47.4 Å². The minimum Gasteiger partial charge on any atom is -0.494 e. The van der Waals surface area contributed by atoms with Crippen LogP contribution in [0, 0.1) is 6.92 Å². The summed E-state index contributed by atoms with van der Waals surface area (Å²) < 4.78 is 13.2. The van der Waals surface area contributed by atoms with Gasteiger partial charge in [-0.1, -0.05) is 43.5 Å². The molecule has 0 aliphatic rings. The Morgan fingerprint density at radius 3 is 2.76 bits per heavy atom. The summed E-state index contributed by atoms with van der Waals surface area (Å²) in [7, 11) is 0. The van der Waals surface area contributed by atoms with Gasteiger partial charge in [-0.2, -0.15) is 0 Å². The van der Waals surface area contributed by atoms with Gasteiger partial charge < -0.3 is 19.1 Å². The lowest BCUT2D eigenvalue weighted by molar-refractivity contribution is -0.139. The average molecular weight is 417 g/mol. The Morgan fingerprint density at radius 2 is 2.03 bits per heavy atom. The summed E-state index contributed by atoms with van der Waals surface area (Å²) in [5.41, 5.74) is 2.42. The van der Waals surface area contributed by atoms with Crippen molar-refractivity contribution in [1.29, 1.82) is 0 Å². The van der Waals surface area contributed by atoms with E-state index < -0.39 is 12.6 Å². The first-order chi connectivity index (χ1) is 14.0. The minimum absolute atomic E-state index is 0.409. The highest BCUT2D eigenvalue weighted by atomic mass is 35.5. The van der Waals surface area contributed by atoms with Gasteiger partial charge in [-0.3, -0.25) is 0 Å². The number of carboxylic acids is 1. The van der Waals surface area contributed by atoms with Gasteiger partial charge in [0.15, 0.2) is 6.61 Å². The second-order valence-electron chi connectivity index (χ2n) is 6.86. The second kappa shape index (κ2) is 9.65. The molecule has 0 radical (unpaired) electrons. The molecule has 0 spiro atoms. The van der Waals surface area contributed by atoms with Crippen LogP contribution in [0.4, 0.5) is 0 Å². The van der Waals surface area contributed by atoms with Crippen LogP contribution in [0.1, 0.15) is 37.6 Å². The molecular weight excluding hydrogens is 392 g/mol. The number of carboxylic acid groups (broad SMARTS) is 1. The fourth-order valence-electron chi connectivity index (χ4n) is 3.18. The van der Waals surface area contributed by atoms with Crippen molar-refractivity contribution < 1.29 is 19.4 Å². The summed E-state index contributed by atoms with van der Waals surface area (Å²) in [6, 6.07) is 11.1. The zero-order chi connectivity index (χ0) is 20.8. The van der Waals surface area contributed by atoms with Crippen molar-refractivity contribution in [3.8, 4) is 11.5 Å². The second-order valence-corrected chi connectivity index (χ2v) is 7.27. The Morgan fingerprint density at radius 1 is 1.21 bits per heavy atom. The fourth-order valence-corrected chi connectivity index (χ4v) is 3.41. The Bertz CT molecular complexity index is 1000. The van der Waals surface area contributed by atoms with Gasteiger partial charge in [-0.25, -0.2) is 9.78 Å². The van der Waals surface area contributed by atoms with Crippen LogP contribution in [0.25, 0.3) is 11.0 Å². The number of nitrogens with zero attached hydrogens (tertiary/aromatic N) is 2. The van der Waals surface area contributed by atoms with Gasteiger partial charge in [0.25, 0.3) is 0 Å². The molecule has 1 heterocycles. The molecule has 3 aromatic rings. The number of unbranched alkanes of at least 4 members (excludes halogenated alkanes) is 2. The lowest BCUT2D eigenvalue weighted by atomic mass is 10.2. The van der Waals surface area contributed by atoms with Gasteiger partial charge in [0.1, 0.15) is 22.8 Å². The molecule has 0 atom stereocenters. The number of halogens is 1. The number of imidazole rings is 1. The number of aryl methyl sites for hydroxylation is 1.